The Morgan fingerprint density at radius 3 is 2.14 bits per heavy atom. The normalized spacial score (nSPS) is 25.6. The molecule has 3 heteroatoms. The van der Waals surface area contributed by atoms with E-state index < -0.39 is 0 Å². The Bertz CT molecular complexity index is 738. The summed E-state index contributed by atoms with van der Waals surface area (Å²) in [5.41, 5.74) is 3.04. The first-order valence-electron chi connectivity index (χ1n) is 10.8. The number of hydrogen-bond acceptors (Lipinski definition) is 3. The quantitative estimate of drug-likeness (QED) is 0.748. The van der Waals surface area contributed by atoms with E-state index in [1.54, 1.807) is 0 Å². The van der Waals surface area contributed by atoms with Crippen molar-refractivity contribution in [3.8, 4) is 0 Å². The highest BCUT2D eigenvalue weighted by atomic mass is 16.5. The van der Waals surface area contributed by atoms with Crippen LogP contribution in [0.2, 0.25) is 0 Å². The van der Waals surface area contributed by atoms with Crippen LogP contribution in [0.15, 0.2) is 60.7 Å². The highest BCUT2D eigenvalue weighted by Gasteiger charge is 2.42. The van der Waals surface area contributed by atoms with Crippen molar-refractivity contribution in [3.63, 3.8) is 0 Å². The number of anilines is 1. The molecule has 0 aromatic heterocycles. The van der Waals surface area contributed by atoms with Crippen molar-refractivity contribution in [2.24, 2.45) is 0 Å². The summed E-state index contributed by atoms with van der Waals surface area (Å²) >= 11 is 0. The average Bonchev–Trinajstić information content (AvgIpc) is 2.73. The summed E-state index contributed by atoms with van der Waals surface area (Å²) in [6.07, 6.45) is 3.45. The molecule has 0 saturated carbocycles. The van der Waals surface area contributed by atoms with E-state index in [4.69, 9.17) is 4.74 Å². The van der Waals surface area contributed by atoms with Gasteiger partial charge in [-0.2, -0.15) is 0 Å². The molecule has 2 aliphatic rings. The lowest BCUT2D eigenvalue weighted by atomic mass is 9.67. The molecule has 0 amide bonds. The monoisotopic (exact) mass is 378 g/mol. The molecule has 2 aromatic carbocycles. The van der Waals surface area contributed by atoms with E-state index >= 15 is 0 Å². The molecule has 0 aliphatic carbocycles. The molecule has 2 aromatic rings. The van der Waals surface area contributed by atoms with E-state index in [-0.39, 0.29) is 11.0 Å². The molecule has 0 radical (unpaired) electrons. The van der Waals surface area contributed by atoms with Crippen LogP contribution in [-0.4, -0.2) is 49.8 Å². The first-order valence-corrected chi connectivity index (χ1v) is 10.8. The number of benzene rings is 2. The second-order valence-corrected chi connectivity index (χ2v) is 9.10. The predicted molar refractivity (Wildman–Crippen MR) is 117 cm³/mol. The maximum absolute atomic E-state index is 6.08. The van der Waals surface area contributed by atoms with Gasteiger partial charge in [-0.25, -0.2) is 0 Å². The zero-order valence-electron chi connectivity index (χ0n) is 17.4. The van der Waals surface area contributed by atoms with Crippen molar-refractivity contribution in [1.29, 1.82) is 0 Å². The van der Waals surface area contributed by atoms with Crippen LogP contribution < -0.4 is 4.90 Å². The molecule has 0 spiro atoms. The largest absolute Gasteiger partial charge is 0.376 e. The van der Waals surface area contributed by atoms with Crippen LogP contribution in [0.3, 0.4) is 0 Å². The number of hydrogen-bond donors (Lipinski definition) is 0. The first kappa shape index (κ1) is 19.5. The molecule has 2 fully saturated rings. The minimum Gasteiger partial charge on any atom is -0.376 e. The van der Waals surface area contributed by atoms with Crippen LogP contribution in [0, 0.1) is 0 Å². The molecule has 4 rings (SSSR count). The zero-order valence-corrected chi connectivity index (χ0v) is 17.4. The lowest BCUT2D eigenvalue weighted by molar-refractivity contribution is -0.0853. The molecule has 2 aliphatic heterocycles. The number of rotatable bonds is 5. The van der Waals surface area contributed by atoms with Crippen LogP contribution in [0.1, 0.15) is 38.7 Å². The van der Waals surface area contributed by atoms with E-state index in [1.807, 2.05) is 0 Å². The summed E-state index contributed by atoms with van der Waals surface area (Å²) in [4.78, 5) is 5.17. The van der Waals surface area contributed by atoms with Crippen LogP contribution >= 0.6 is 0 Å². The van der Waals surface area contributed by atoms with Gasteiger partial charge in [0.25, 0.3) is 0 Å². The van der Waals surface area contributed by atoms with Gasteiger partial charge in [0.05, 0.1) is 5.60 Å². The average molecular weight is 379 g/mol. The molecule has 2 heterocycles. The Labute approximate surface area is 170 Å². The summed E-state index contributed by atoms with van der Waals surface area (Å²) in [5, 5.41) is 0. The number of para-hydroxylation sites is 1. The highest BCUT2D eigenvalue weighted by Crippen LogP contribution is 2.44. The van der Waals surface area contributed by atoms with Gasteiger partial charge in [0.15, 0.2) is 0 Å². The third-order valence-corrected chi connectivity index (χ3v) is 6.62. The van der Waals surface area contributed by atoms with Gasteiger partial charge in [0.2, 0.25) is 0 Å². The van der Waals surface area contributed by atoms with Crippen LogP contribution in [0.25, 0.3) is 0 Å². The number of ether oxygens (including phenoxy) is 1. The lowest BCUT2D eigenvalue weighted by Crippen LogP contribution is -2.49. The first-order chi connectivity index (χ1) is 13.6. The molecule has 0 bridgehead atoms. The van der Waals surface area contributed by atoms with Gasteiger partial charge < -0.3 is 9.64 Å². The Morgan fingerprint density at radius 2 is 1.50 bits per heavy atom. The minimum absolute atomic E-state index is 0.0416. The second kappa shape index (κ2) is 8.26. The standard InChI is InChI=1S/C25H34N2O/c1-24(2)21-25(14-20-28-24,22-9-5-3-6-10-22)13-15-26-16-18-27(19-17-26)23-11-7-4-8-12-23/h3-12H,13-21H2,1-2H3. The Hall–Kier alpha value is -1.84. The fourth-order valence-electron chi connectivity index (χ4n) is 5.11. The summed E-state index contributed by atoms with van der Waals surface area (Å²) in [5.74, 6) is 0. The second-order valence-electron chi connectivity index (χ2n) is 9.10. The summed E-state index contributed by atoms with van der Waals surface area (Å²) in [7, 11) is 0. The predicted octanol–water partition coefficient (Wildman–Crippen LogP) is 4.73. The number of piperazine rings is 1. The third-order valence-electron chi connectivity index (χ3n) is 6.62. The van der Waals surface area contributed by atoms with Crippen molar-refractivity contribution in [2.45, 2.75) is 44.1 Å². The molecular weight excluding hydrogens is 344 g/mol. The maximum atomic E-state index is 6.08. The van der Waals surface area contributed by atoms with Crippen molar-refractivity contribution in [3.05, 3.63) is 66.2 Å². The maximum Gasteiger partial charge on any atom is 0.0635 e. The van der Waals surface area contributed by atoms with Crippen LogP contribution in [-0.2, 0) is 10.2 Å². The fraction of sp³-hybridized carbons (Fsp3) is 0.520. The molecule has 150 valence electrons. The van der Waals surface area contributed by atoms with Crippen LogP contribution in [0.5, 0.6) is 0 Å². The lowest BCUT2D eigenvalue weighted by Gasteiger charge is -2.47. The van der Waals surface area contributed by atoms with Crippen molar-refractivity contribution >= 4 is 5.69 Å². The summed E-state index contributed by atoms with van der Waals surface area (Å²) < 4.78 is 6.08. The van der Waals surface area contributed by atoms with Crippen molar-refractivity contribution < 1.29 is 4.74 Å². The Kier molecular flexibility index (Phi) is 5.75. The Balaban J connectivity index is 1.40. The topological polar surface area (TPSA) is 15.7 Å². The van der Waals surface area contributed by atoms with E-state index in [0.29, 0.717) is 0 Å². The third kappa shape index (κ3) is 4.42. The molecule has 2 saturated heterocycles. The molecular formula is C25H34N2O. The van der Waals surface area contributed by atoms with Gasteiger partial charge in [0, 0.05) is 43.9 Å². The van der Waals surface area contributed by atoms with Gasteiger partial charge in [-0.3, -0.25) is 4.90 Å². The van der Waals surface area contributed by atoms with E-state index in [0.717, 1.165) is 45.6 Å². The molecule has 3 nitrogen and oxygen atoms in total. The summed E-state index contributed by atoms with van der Waals surface area (Å²) in [6.45, 7) is 11.1. The molecule has 1 unspecified atom stereocenters. The number of nitrogens with zero attached hydrogens (tertiary/aromatic N) is 2. The van der Waals surface area contributed by atoms with Crippen LogP contribution in [0.4, 0.5) is 5.69 Å². The van der Waals surface area contributed by atoms with Gasteiger partial charge in [0.1, 0.15) is 0 Å². The van der Waals surface area contributed by atoms with Gasteiger partial charge in [-0.15, -0.1) is 0 Å². The van der Waals surface area contributed by atoms with Crippen molar-refractivity contribution in [1.82, 2.24) is 4.90 Å². The van der Waals surface area contributed by atoms with Gasteiger partial charge in [-0.05, 0) is 57.4 Å². The molecule has 1 atom stereocenters. The summed E-state index contributed by atoms with van der Waals surface area (Å²) in [6, 6.07) is 22.0. The smallest absolute Gasteiger partial charge is 0.0635 e. The van der Waals surface area contributed by atoms with Gasteiger partial charge >= 0.3 is 0 Å². The van der Waals surface area contributed by atoms with E-state index in [1.165, 1.54) is 24.2 Å². The van der Waals surface area contributed by atoms with E-state index in [2.05, 4.69) is 84.3 Å². The minimum atomic E-state index is -0.0416. The van der Waals surface area contributed by atoms with Crippen molar-refractivity contribution in [2.75, 3.05) is 44.2 Å². The highest BCUT2D eigenvalue weighted by molar-refractivity contribution is 5.46. The van der Waals surface area contributed by atoms with Gasteiger partial charge in [-0.1, -0.05) is 48.5 Å². The molecule has 0 N–H and O–H groups in total. The fourth-order valence-corrected chi connectivity index (χ4v) is 5.11. The zero-order chi connectivity index (χ0) is 19.5. The Morgan fingerprint density at radius 1 is 0.857 bits per heavy atom. The molecule has 28 heavy (non-hydrogen) atoms. The van der Waals surface area contributed by atoms with E-state index in [9.17, 15) is 0 Å². The SMILES string of the molecule is CC1(C)CC(CCN2CCN(c3ccccc3)CC2)(c2ccccc2)CCO1.